The topological polar surface area (TPSA) is 15.3 Å². The molecule has 1 aromatic rings. The third-order valence-corrected chi connectivity index (χ3v) is 5.28. The Kier molecular flexibility index (Phi) is 4.42. The average Bonchev–Trinajstić information content (AvgIpc) is 2.93. The van der Waals surface area contributed by atoms with E-state index >= 15 is 0 Å². The van der Waals surface area contributed by atoms with Gasteiger partial charge in [0.25, 0.3) is 0 Å². The van der Waals surface area contributed by atoms with E-state index in [1.54, 1.807) is 0 Å². The Balaban J connectivity index is 1.53. The maximum absolute atomic E-state index is 3.81. The van der Waals surface area contributed by atoms with Gasteiger partial charge in [-0.25, -0.2) is 0 Å². The number of rotatable bonds is 4. The largest absolute Gasteiger partial charge is 0.309 e. The monoisotopic (exact) mass is 272 g/mol. The molecule has 1 aliphatic heterocycles. The molecule has 1 aliphatic carbocycles. The first-order chi connectivity index (χ1) is 9.77. The summed E-state index contributed by atoms with van der Waals surface area (Å²) in [5.41, 5.74) is 1.93. The van der Waals surface area contributed by atoms with Gasteiger partial charge in [-0.2, -0.15) is 0 Å². The minimum Gasteiger partial charge on any atom is -0.309 e. The van der Waals surface area contributed by atoms with Crippen LogP contribution in [-0.2, 0) is 6.42 Å². The standard InChI is InChI=1S/C18H28N2/c1-16(9-10-17-7-3-2-4-8-17)20-14-13-19-18(15-20)11-5-6-12-18/h2-4,7-8,16,19H,5-6,9-15H2,1H3. The van der Waals surface area contributed by atoms with Gasteiger partial charge in [0, 0.05) is 31.2 Å². The molecule has 20 heavy (non-hydrogen) atoms. The van der Waals surface area contributed by atoms with Crippen molar-refractivity contribution in [2.24, 2.45) is 0 Å². The molecule has 1 N–H and O–H groups in total. The normalized spacial score (nSPS) is 24.1. The van der Waals surface area contributed by atoms with Crippen LogP contribution in [0.4, 0.5) is 0 Å². The van der Waals surface area contributed by atoms with Crippen molar-refractivity contribution in [2.45, 2.75) is 57.0 Å². The molecule has 0 radical (unpaired) electrons. The molecule has 1 atom stereocenters. The summed E-state index contributed by atoms with van der Waals surface area (Å²) in [6, 6.07) is 11.6. The first-order valence-corrected chi connectivity index (χ1v) is 8.30. The van der Waals surface area contributed by atoms with E-state index in [9.17, 15) is 0 Å². The van der Waals surface area contributed by atoms with Gasteiger partial charge >= 0.3 is 0 Å². The number of nitrogens with one attached hydrogen (secondary N) is 1. The molecule has 2 fully saturated rings. The first kappa shape index (κ1) is 14.1. The van der Waals surface area contributed by atoms with Crippen LogP contribution in [0.5, 0.6) is 0 Å². The van der Waals surface area contributed by atoms with Crippen LogP contribution in [0.3, 0.4) is 0 Å². The molecule has 0 aromatic heterocycles. The van der Waals surface area contributed by atoms with Crippen molar-refractivity contribution in [3.8, 4) is 0 Å². The van der Waals surface area contributed by atoms with Crippen molar-refractivity contribution in [2.75, 3.05) is 19.6 Å². The summed E-state index contributed by atoms with van der Waals surface area (Å²) >= 11 is 0. The summed E-state index contributed by atoms with van der Waals surface area (Å²) in [6.07, 6.45) is 8.08. The zero-order valence-electron chi connectivity index (χ0n) is 12.8. The van der Waals surface area contributed by atoms with Crippen molar-refractivity contribution in [1.82, 2.24) is 10.2 Å². The summed E-state index contributed by atoms with van der Waals surface area (Å²) < 4.78 is 0. The summed E-state index contributed by atoms with van der Waals surface area (Å²) in [5, 5.41) is 3.81. The minimum absolute atomic E-state index is 0.458. The molecule has 1 heterocycles. The van der Waals surface area contributed by atoms with Crippen LogP contribution < -0.4 is 5.32 Å². The van der Waals surface area contributed by atoms with Crippen molar-refractivity contribution >= 4 is 0 Å². The Morgan fingerprint density at radius 1 is 1.20 bits per heavy atom. The van der Waals surface area contributed by atoms with E-state index in [0.717, 1.165) is 0 Å². The molecular formula is C18H28N2. The van der Waals surface area contributed by atoms with Gasteiger partial charge in [-0.15, -0.1) is 0 Å². The molecule has 1 saturated carbocycles. The number of benzene rings is 1. The minimum atomic E-state index is 0.458. The van der Waals surface area contributed by atoms with Gasteiger partial charge in [0.1, 0.15) is 0 Å². The zero-order chi connectivity index (χ0) is 13.8. The van der Waals surface area contributed by atoms with Crippen LogP contribution >= 0.6 is 0 Å². The van der Waals surface area contributed by atoms with E-state index in [-0.39, 0.29) is 0 Å². The van der Waals surface area contributed by atoms with Crippen molar-refractivity contribution < 1.29 is 0 Å². The molecule has 2 aliphatic rings. The van der Waals surface area contributed by atoms with Crippen LogP contribution in [0.1, 0.15) is 44.6 Å². The van der Waals surface area contributed by atoms with E-state index in [2.05, 4.69) is 47.5 Å². The van der Waals surface area contributed by atoms with E-state index < -0.39 is 0 Å². The highest BCUT2D eigenvalue weighted by molar-refractivity contribution is 5.14. The molecule has 2 nitrogen and oxygen atoms in total. The molecule has 1 unspecified atom stereocenters. The van der Waals surface area contributed by atoms with Crippen LogP contribution in [0, 0.1) is 0 Å². The van der Waals surface area contributed by atoms with E-state index in [1.165, 1.54) is 63.7 Å². The van der Waals surface area contributed by atoms with Gasteiger partial charge in [-0.05, 0) is 38.2 Å². The highest BCUT2D eigenvalue weighted by Crippen LogP contribution is 2.32. The second-order valence-electron chi connectivity index (χ2n) is 6.76. The Bertz CT molecular complexity index is 409. The lowest BCUT2D eigenvalue weighted by molar-refractivity contribution is 0.0969. The molecule has 110 valence electrons. The second-order valence-corrected chi connectivity index (χ2v) is 6.76. The Hall–Kier alpha value is -0.860. The highest BCUT2D eigenvalue weighted by atomic mass is 15.2. The fourth-order valence-corrected chi connectivity index (χ4v) is 3.95. The Morgan fingerprint density at radius 2 is 1.95 bits per heavy atom. The SMILES string of the molecule is CC(CCc1ccccc1)N1CCNC2(CCCC2)C1. The van der Waals surface area contributed by atoms with Gasteiger partial charge < -0.3 is 5.32 Å². The fraction of sp³-hybridized carbons (Fsp3) is 0.667. The first-order valence-electron chi connectivity index (χ1n) is 8.30. The third-order valence-electron chi connectivity index (χ3n) is 5.28. The van der Waals surface area contributed by atoms with Crippen molar-refractivity contribution in [1.29, 1.82) is 0 Å². The van der Waals surface area contributed by atoms with Crippen molar-refractivity contribution in [3.63, 3.8) is 0 Å². The van der Waals surface area contributed by atoms with Crippen LogP contribution in [0.15, 0.2) is 30.3 Å². The quantitative estimate of drug-likeness (QED) is 0.905. The highest BCUT2D eigenvalue weighted by Gasteiger charge is 2.38. The summed E-state index contributed by atoms with van der Waals surface area (Å²) in [7, 11) is 0. The fourth-order valence-electron chi connectivity index (χ4n) is 3.95. The predicted molar refractivity (Wildman–Crippen MR) is 85.0 cm³/mol. The van der Waals surface area contributed by atoms with Gasteiger partial charge in [0.2, 0.25) is 0 Å². The smallest absolute Gasteiger partial charge is 0.0309 e. The molecular weight excluding hydrogens is 244 g/mol. The molecule has 0 bridgehead atoms. The summed E-state index contributed by atoms with van der Waals surface area (Å²) in [4.78, 5) is 2.73. The molecule has 3 rings (SSSR count). The maximum Gasteiger partial charge on any atom is 0.0309 e. The van der Waals surface area contributed by atoms with E-state index in [4.69, 9.17) is 0 Å². The predicted octanol–water partition coefficient (Wildman–Crippen LogP) is 3.23. The van der Waals surface area contributed by atoms with Gasteiger partial charge in [-0.1, -0.05) is 43.2 Å². The van der Waals surface area contributed by atoms with Crippen LogP contribution in [-0.4, -0.2) is 36.1 Å². The summed E-state index contributed by atoms with van der Waals surface area (Å²) in [5.74, 6) is 0. The molecule has 2 heteroatoms. The van der Waals surface area contributed by atoms with Gasteiger partial charge in [-0.3, -0.25) is 4.90 Å². The number of hydrogen-bond acceptors (Lipinski definition) is 2. The lowest BCUT2D eigenvalue weighted by Gasteiger charge is -2.44. The Labute approximate surface area is 123 Å². The van der Waals surface area contributed by atoms with E-state index in [0.29, 0.717) is 11.6 Å². The lowest BCUT2D eigenvalue weighted by atomic mass is 9.93. The number of hydrogen-bond donors (Lipinski definition) is 1. The third kappa shape index (κ3) is 3.24. The average molecular weight is 272 g/mol. The maximum atomic E-state index is 3.81. The molecule has 1 spiro atoms. The molecule has 0 amide bonds. The summed E-state index contributed by atoms with van der Waals surface area (Å²) in [6.45, 7) is 6.08. The molecule has 1 saturated heterocycles. The van der Waals surface area contributed by atoms with E-state index in [1.807, 2.05) is 0 Å². The zero-order valence-corrected chi connectivity index (χ0v) is 12.8. The molecule has 1 aromatic carbocycles. The number of nitrogens with zero attached hydrogens (tertiary/aromatic N) is 1. The van der Waals surface area contributed by atoms with Gasteiger partial charge in [0.15, 0.2) is 0 Å². The van der Waals surface area contributed by atoms with Gasteiger partial charge in [0.05, 0.1) is 0 Å². The lowest BCUT2D eigenvalue weighted by Crippen LogP contribution is -2.60. The Morgan fingerprint density at radius 3 is 2.70 bits per heavy atom. The van der Waals surface area contributed by atoms with Crippen LogP contribution in [0.25, 0.3) is 0 Å². The number of piperazine rings is 1. The number of aryl methyl sites for hydroxylation is 1. The van der Waals surface area contributed by atoms with Crippen molar-refractivity contribution in [3.05, 3.63) is 35.9 Å². The van der Waals surface area contributed by atoms with Crippen LogP contribution in [0.2, 0.25) is 0 Å². The second kappa shape index (κ2) is 6.28.